The first-order valence-electron chi connectivity index (χ1n) is 7.49. The van der Waals surface area contributed by atoms with E-state index in [1.165, 1.54) is 19.2 Å². The van der Waals surface area contributed by atoms with E-state index >= 15 is 0 Å². The Bertz CT molecular complexity index is 800. The van der Waals surface area contributed by atoms with Crippen LogP contribution in [0.3, 0.4) is 0 Å². The number of carbonyl (C=O) groups excluding carboxylic acids is 1. The average Bonchev–Trinajstić information content (AvgIpc) is 2.82. The van der Waals surface area contributed by atoms with Crippen molar-refractivity contribution < 1.29 is 18.7 Å². The molecule has 0 aliphatic rings. The lowest BCUT2D eigenvalue weighted by molar-refractivity contribution is 0.0526. The van der Waals surface area contributed by atoms with Crippen molar-refractivity contribution in [3.05, 3.63) is 29.7 Å². The first kappa shape index (κ1) is 17.6. The number of nitriles is 1. The minimum Gasteiger partial charge on any atom is -0.496 e. The van der Waals surface area contributed by atoms with E-state index in [0.29, 0.717) is 28.9 Å². The predicted molar refractivity (Wildman–Crippen MR) is 87.4 cm³/mol. The maximum absolute atomic E-state index is 13.7. The van der Waals surface area contributed by atoms with Crippen LogP contribution in [0, 0.1) is 17.1 Å². The number of methoxy groups -OCH3 is 1. The van der Waals surface area contributed by atoms with Crippen molar-refractivity contribution in [2.45, 2.75) is 32.9 Å². The first-order valence-corrected chi connectivity index (χ1v) is 7.49. The first-order chi connectivity index (χ1) is 11.2. The molecule has 1 heterocycles. The summed E-state index contributed by atoms with van der Waals surface area (Å²) in [6, 6.07) is 6.32. The lowest BCUT2D eigenvalue weighted by atomic mass is 10.2. The zero-order chi connectivity index (χ0) is 17.9. The van der Waals surface area contributed by atoms with Gasteiger partial charge in [0.25, 0.3) is 0 Å². The molecule has 2 rings (SSSR count). The predicted octanol–water partition coefficient (Wildman–Crippen LogP) is 3.19. The number of hydrogen-bond acceptors (Lipinski definition) is 4. The molecule has 0 saturated carbocycles. The smallest absolute Gasteiger partial charge is 0.407 e. The molecule has 6 nitrogen and oxygen atoms in total. The number of nitrogens with one attached hydrogen (secondary N) is 1. The van der Waals surface area contributed by atoms with Gasteiger partial charge in [-0.05, 0) is 32.9 Å². The van der Waals surface area contributed by atoms with Crippen LogP contribution in [0.5, 0.6) is 5.75 Å². The zero-order valence-corrected chi connectivity index (χ0v) is 14.1. The van der Waals surface area contributed by atoms with Crippen LogP contribution in [-0.2, 0) is 11.3 Å². The highest BCUT2D eigenvalue weighted by Crippen LogP contribution is 2.30. The third kappa shape index (κ3) is 3.96. The summed E-state index contributed by atoms with van der Waals surface area (Å²) in [5, 5.41) is 12.6. The van der Waals surface area contributed by atoms with E-state index in [2.05, 4.69) is 11.4 Å². The Kier molecular flexibility index (Phi) is 4.98. The minimum absolute atomic E-state index is 0.242. The van der Waals surface area contributed by atoms with E-state index in [4.69, 9.17) is 9.47 Å². The van der Waals surface area contributed by atoms with E-state index in [1.807, 2.05) is 0 Å². The molecule has 1 N–H and O–H groups in total. The van der Waals surface area contributed by atoms with Gasteiger partial charge in [-0.15, -0.1) is 0 Å². The summed E-state index contributed by atoms with van der Waals surface area (Å²) in [5.74, 6) is -0.0938. The van der Waals surface area contributed by atoms with Crippen molar-refractivity contribution in [1.82, 2.24) is 9.88 Å². The lowest BCUT2D eigenvalue weighted by Gasteiger charge is -2.19. The second kappa shape index (κ2) is 6.79. The molecule has 24 heavy (non-hydrogen) atoms. The van der Waals surface area contributed by atoms with Crippen molar-refractivity contribution in [3.8, 4) is 11.8 Å². The fraction of sp³-hybridized carbons (Fsp3) is 0.412. The number of halogens is 1. The van der Waals surface area contributed by atoms with Crippen LogP contribution in [0.2, 0.25) is 0 Å². The van der Waals surface area contributed by atoms with Gasteiger partial charge < -0.3 is 19.4 Å². The van der Waals surface area contributed by atoms with Gasteiger partial charge in [0.1, 0.15) is 28.9 Å². The zero-order valence-electron chi connectivity index (χ0n) is 14.1. The van der Waals surface area contributed by atoms with E-state index in [0.717, 1.165) is 0 Å². The van der Waals surface area contributed by atoms with Crippen molar-refractivity contribution in [2.24, 2.45) is 0 Å². The molecule has 1 amide bonds. The third-order valence-corrected chi connectivity index (χ3v) is 3.29. The van der Waals surface area contributed by atoms with E-state index in [1.54, 1.807) is 31.4 Å². The molecular formula is C17H20FN3O3. The van der Waals surface area contributed by atoms with Crippen LogP contribution >= 0.6 is 0 Å². The summed E-state index contributed by atoms with van der Waals surface area (Å²) in [4.78, 5) is 11.7. The van der Waals surface area contributed by atoms with Crippen LogP contribution in [-0.4, -0.2) is 29.9 Å². The molecule has 1 aromatic carbocycles. The van der Waals surface area contributed by atoms with Gasteiger partial charge in [-0.25, -0.2) is 9.18 Å². The van der Waals surface area contributed by atoms with Gasteiger partial charge in [0, 0.05) is 24.5 Å². The van der Waals surface area contributed by atoms with Crippen LogP contribution in [0.4, 0.5) is 9.18 Å². The molecule has 0 bridgehead atoms. The topological polar surface area (TPSA) is 76.3 Å². The maximum Gasteiger partial charge on any atom is 0.407 e. The number of benzene rings is 1. The second-order valence-corrected chi connectivity index (χ2v) is 6.26. The van der Waals surface area contributed by atoms with Crippen LogP contribution < -0.4 is 10.1 Å². The van der Waals surface area contributed by atoms with Crippen molar-refractivity contribution in [3.63, 3.8) is 0 Å². The summed E-state index contributed by atoms with van der Waals surface area (Å²) >= 11 is 0. The number of nitrogens with zero attached hydrogens (tertiary/aromatic N) is 2. The number of hydrogen-bond donors (Lipinski definition) is 1. The number of amides is 1. The summed E-state index contributed by atoms with van der Waals surface area (Å²) in [6.45, 7) is 5.86. The van der Waals surface area contributed by atoms with Crippen molar-refractivity contribution in [2.75, 3.05) is 13.7 Å². The van der Waals surface area contributed by atoms with Gasteiger partial charge in [-0.1, -0.05) is 0 Å². The Labute approximate surface area is 139 Å². The molecule has 0 saturated heterocycles. The molecule has 7 heteroatoms. The largest absolute Gasteiger partial charge is 0.496 e. The standard InChI is InChI=1S/C17H20FN3O3/c1-17(2,3)24-16(22)20-5-6-21-12(10-19)9-13-14(21)7-11(18)8-15(13)23-4/h7-9H,5-6H2,1-4H3,(H,20,22). The average molecular weight is 333 g/mol. The molecule has 128 valence electrons. The normalized spacial score (nSPS) is 11.2. The molecule has 0 radical (unpaired) electrons. The molecule has 0 aliphatic carbocycles. The monoisotopic (exact) mass is 333 g/mol. The SMILES string of the molecule is COc1cc(F)cc2c1cc(C#N)n2CCNC(=O)OC(C)(C)C. The van der Waals surface area contributed by atoms with Crippen molar-refractivity contribution in [1.29, 1.82) is 5.26 Å². The highest BCUT2D eigenvalue weighted by Gasteiger charge is 2.17. The van der Waals surface area contributed by atoms with E-state index < -0.39 is 17.5 Å². The Balaban J connectivity index is 2.21. The van der Waals surface area contributed by atoms with Gasteiger partial charge in [-0.2, -0.15) is 5.26 Å². The highest BCUT2D eigenvalue weighted by atomic mass is 19.1. The Morgan fingerprint density at radius 1 is 1.38 bits per heavy atom. The van der Waals surface area contributed by atoms with E-state index in [9.17, 15) is 14.4 Å². The summed E-state index contributed by atoms with van der Waals surface area (Å²) in [5.41, 5.74) is 0.313. The molecule has 0 atom stereocenters. The van der Waals surface area contributed by atoms with Crippen LogP contribution in [0.25, 0.3) is 10.9 Å². The number of ether oxygens (including phenoxy) is 2. The third-order valence-electron chi connectivity index (χ3n) is 3.29. The summed E-state index contributed by atoms with van der Waals surface area (Å²) in [7, 11) is 1.45. The van der Waals surface area contributed by atoms with Crippen LogP contribution in [0.15, 0.2) is 18.2 Å². The molecule has 0 unspecified atom stereocenters. The number of fused-ring (bicyclic) bond motifs is 1. The number of rotatable bonds is 4. The maximum atomic E-state index is 13.7. The summed E-state index contributed by atoms with van der Waals surface area (Å²) in [6.07, 6.45) is -0.541. The fourth-order valence-electron chi connectivity index (χ4n) is 2.38. The quantitative estimate of drug-likeness (QED) is 0.932. The summed E-state index contributed by atoms with van der Waals surface area (Å²) < 4.78 is 25.7. The fourth-order valence-corrected chi connectivity index (χ4v) is 2.38. The van der Waals surface area contributed by atoms with E-state index in [-0.39, 0.29) is 6.54 Å². The van der Waals surface area contributed by atoms with Gasteiger partial charge in [0.2, 0.25) is 0 Å². The lowest BCUT2D eigenvalue weighted by Crippen LogP contribution is -2.34. The van der Waals surface area contributed by atoms with Crippen LogP contribution in [0.1, 0.15) is 26.5 Å². The molecule has 2 aromatic rings. The number of aromatic nitrogens is 1. The van der Waals surface area contributed by atoms with Gasteiger partial charge in [0.15, 0.2) is 0 Å². The second-order valence-electron chi connectivity index (χ2n) is 6.26. The Hall–Kier alpha value is -2.75. The number of carbonyl (C=O) groups is 1. The molecular weight excluding hydrogens is 313 g/mol. The number of alkyl carbamates (subject to hydrolysis) is 1. The van der Waals surface area contributed by atoms with Crippen molar-refractivity contribution >= 4 is 17.0 Å². The molecule has 0 fully saturated rings. The molecule has 0 spiro atoms. The van der Waals surface area contributed by atoms with Gasteiger partial charge >= 0.3 is 6.09 Å². The Morgan fingerprint density at radius 2 is 2.08 bits per heavy atom. The molecule has 0 aliphatic heterocycles. The molecule has 1 aromatic heterocycles. The van der Waals surface area contributed by atoms with Gasteiger partial charge in [0.05, 0.1) is 12.6 Å². The van der Waals surface area contributed by atoms with Gasteiger partial charge in [-0.3, -0.25) is 0 Å². The Morgan fingerprint density at radius 3 is 2.67 bits per heavy atom. The minimum atomic E-state index is -0.585. The highest BCUT2D eigenvalue weighted by molar-refractivity contribution is 5.88.